The van der Waals surface area contributed by atoms with Crippen molar-refractivity contribution < 1.29 is 126 Å². The molecule has 15 valence electrons. The normalized spacial score (nSPS) is 0. The number of halogens is 1. The van der Waals surface area contributed by atoms with Gasteiger partial charge in [-0.25, -0.2) is 0 Å². The van der Waals surface area contributed by atoms with Crippen LogP contribution in [0.3, 0.4) is 0 Å². The molecule has 0 spiro atoms. The zero-order valence-corrected chi connectivity index (χ0v) is 14.6. The van der Waals surface area contributed by atoms with E-state index in [4.69, 9.17) is 0 Å². The van der Waals surface area contributed by atoms with E-state index in [0.717, 1.165) is 0 Å². The molecule has 0 aromatic rings. The Morgan fingerprint density at radius 3 is 1.25 bits per heavy atom. The molecule has 4 heteroatoms. The minimum absolute atomic E-state index is 0. The largest absolute Gasteiger partial charge is 1.00 e. The van der Waals surface area contributed by atoms with Gasteiger partial charge in [0.2, 0.25) is 0 Å². The van der Waals surface area contributed by atoms with Gasteiger partial charge in [0.25, 0.3) is 0 Å². The van der Waals surface area contributed by atoms with Gasteiger partial charge in [0.05, 0.1) is 0 Å². The van der Waals surface area contributed by atoms with Gasteiger partial charge in [0.1, 0.15) is 0 Å². The molecule has 0 aromatic carbocycles. The molecule has 0 fully saturated rings. The Hall–Kier alpha value is 4.32. The number of rotatable bonds is 0. The standard InChI is InChI=1S/BrH.Cs.La.Li.2H/h1H;;;;;/q;+1;;+1;2*-1. The fourth-order valence-corrected chi connectivity index (χ4v) is 0. The summed E-state index contributed by atoms with van der Waals surface area (Å²) in [5, 5.41) is 0. The van der Waals surface area contributed by atoms with E-state index in [9.17, 15) is 0 Å². The first kappa shape index (κ1) is 23.9. The van der Waals surface area contributed by atoms with E-state index in [-0.39, 0.29) is 143 Å². The molecule has 0 rings (SSSR count). The van der Waals surface area contributed by atoms with Crippen molar-refractivity contribution in [1.82, 2.24) is 0 Å². The molecule has 0 unspecified atom stereocenters. The zero-order chi connectivity index (χ0) is 0. The first-order chi connectivity index (χ1) is 0. The molecule has 0 aromatic heterocycles. The van der Waals surface area contributed by atoms with Crippen molar-refractivity contribution in [3.8, 4) is 0 Å². The summed E-state index contributed by atoms with van der Waals surface area (Å²) in [5.41, 5.74) is 0. The van der Waals surface area contributed by atoms with E-state index in [1.165, 1.54) is 0 Å². The molecule has 0 atom stereocenters. The van der Waals surface area contributed by atoms with E-state index in [1.54, 1.807) is 0 Å². The molecular weight excluding hydrogens is 359 g/mol. The van der Waals surface area contributed by atoms with Crippen LogP contribution < -0.4 is 87.8 Å². The average Bonchev–Trinajstić information content (AvgIpc) is 0. The monoisotopic (exact) mass is 361 g/mol. The van der Waals surface area contributed by atoms with Crippen LogP contribution in [0.1, 0.15) is 2.85 Å². The second-order valence-electron chi connectivity index (χ2n) is 0. The van der Waals surface area contributed by atoms with Gasteiger partial charge in [-0.3, -0.25) is 0 Å². The van der Waals surface area contributed by atoms with Gasteiger partial charge in [-0.05, 0) is 0 Å². The van der Waals surface area contributed by atoms with Crippen LogP contribution in [0.2, 0.25) is 0 Å². The molecule has 0 aliphatic rings. The number of hydrogen-bond donors (Lipinski definition) is 0. The predicted molar refractivity (Wildman–Crippen MR) is 12.5 cm³/mol. The molecule has 4 heavy (non-hydrogen) atoms. The summed E-state index contributed by atoms with van der Waals surface area (Å²) in [6.07, 6.45) is 0. The molecule has 0 bridgehead atoms. The van der Waals surface area contributed by atoms with Crippen molar-refractivity contribution in [2.45, 2.75) is 0 Å². The van der Waals surface area contributed by atoms with Crippen molar-refractivity contribution in [3.63, 3.8) is 0 Å². The van der Waals surface area contributed by atoms with Gasteiger partial charge in [-0.1, -0.05) is 0 Å². The molecular formula is H3BrCsLaLi. The maximum Gasteiger partial charge on any atom is 1.00 e. The third kappa shape index (κ3) is 9.59. The Morgan fingerprint density at radius 1 is 1.25 bits per heavy atom. The Kier molecular flexibility index (Phi) is 93.5. The zero-order valence-electron chi connectivity index (χ0n) is 4.99. The molecule has 1 radical (unpaired) electrons. The van der Waals surface area contributed by atoms with Gasteiger partial charge in [-0.2, -0.15) is 0 Å². The Labute approximate surface area is 139 Å². The quantitative estimate of drug-likeness (QED) is 0.379. The third-order valence-electron chi connectivity index (χ3n) is 0. The molecule has 0 heterocycles. The van der Waals surface area contributed by atoms with Gasteiger partial charge >= 0.3 is 87.8 Å². The van der Waals surface area contributed by atoms with Crippen LogP contribution >= 0.6 is 17.0 Å². The SMILES string of the molecule is Br.[Cs+].[H-].[H-].[La].[Li+]. The van der Waals surface area contributed by atoms with Crippen LogP contribution in [0, 0.1) is 35.6 Å². The second kappa shape index (κ2) is 15.7. The van der Waals surface area contributed by atoms with E-state index < -0.39 is 0 Å². The Balaban J connectivity index is 0. The molecule has 0 amide bonds. The molecule has 0 saturated heterocycles. The molecule has 0 saturated carbocycles. The summed E-state index contributed by atoms with van der Waals surface area (Å²) in [4.78, 5) is 0. The summed E-state index contributed by atoms with van der Waals surface area (Å²) in [7, 11) is 0. The van der Waals surface area contributed by atoms with E-state index in [2.05, 4.69) is 0 Å². The molecule has 0 aliphatic heterocycles. The van der Waals surface area contributed by atoms with E-state index in [0.29, 0.717) is 0 Å². The average molecular weight is 362 g/mol. The Bertz CT molecular complexity index is 13.5. The molecule has 0 nitrogen and oxygen atoms in total. The minimum atomic E-state index is 0. The predicted octanol–water partition coefficient (Wildman–Crippen LogP) is -5.19. The summed E-state index contributed by atoms with van der Waals surface area (Å²) in [5.74, 6) is 0. The topological polar surface area (TPSA) is 0 Å². The smallest absolute Gasteiger partial charge is 1.00 e. The van der Waals surface area contributed by atoms with Crippen LogP contribution in [0.4, 0.5) is 0 Å². The van der Waals surface area contributed by atoms with E-state index in [1.807, 2.05) is 0 Å². The summed E-state index contributed by atoms with van der Waals surface area (Å²) in [6, 6.07) is 0. The first-order valence-corrected chi connectivity index (χ1v) is 0. The van der Waals surface area contributed by atoms with Crippen molar-refractivity contribution >= 4 is 17.0 Å². The van der Waals surface area contributed by atoms with Gasteiger partial charge in [0, 0.05) is 35.6 Å². The third-order valence-corrected chi connectivity index (χ3v) is 0. The molecule has 0 aliphatic carbocycles. The van der Waals surface area contributed by atoms with Crippen molar-refractivity contribution in [1.29, 1.82) is 0 Å². The van der Waals surface area contributed by atoms with Gasteiger partial charge < -0.3 is 2.85 Å². The van der Waals surface area contributed by atoms with Crippen LogP contribution in [0.25, 0.3) is 0 Å². The van der Waals surface area contributed by atoms with E-state index >= 15 is 0 Å². The second-order valence-corrected chi connectivity index (χ2v) is 0. The first-order valence-electron chi connectivity index (χ1n) is 0. The minimum Gasteiger partial charge on any atom is -1.00 e. The van der Waals surface area contributed by atoms with Crippen LogP contribution in [-0.4, -0.2) is 0 Å². The fraction of sp³-hybridized carbons (Fsp3) is 0. The fourth-order valence-electron chi connectivity index (χ4n) is 0. The van der Waals surface area contributed by atoms with Crippen molar-refractivity contribution in [2.24, 2.45) is 0 Å². The maximum absolute atomic E-state index is 0. The van der Waals surface area contributed by atoms with Crippen molar-refractivity contribution in [3.05, 3.63) is 0 Å². The van der Waals surface area contributed by atoms with Crippen molar-refractivity contribution in [2.75, 3.05) is 0 Å². The summed E-state index contributed by atoms with van der Waals surface area (Å²) >= 11 is 0. The number of hydrogen-bond acceptors (Lipinski definition) is 0. The summed E-state index contributed by atoms with van der Waals surface area (Å²) < 4.78 is 0. The van der Waals surface area contributed by atoms with Crippen LogP contribution in [0.5, 0.6) is 0 Å². The van der Waals surface area contributed by atoms with Gasteiger partial charge in [-0.15, -0.1) is 17.0 Å². The van der Waals surface area contributed by atoms with Crippen LogP contribution in [0.15, 0.2) is 0 Å². The van der Waals surface area contributed by atoms with Gasteiger partial charge in [0.15, 0.2) is 0 Å². The molecule has 0 N–H and O–H groups in total. The Morgan fingerprint density at radius 2 is 1.25 bits per heavy atom. The van der Waals surface area contributed by atoms with Crippen LogP contribution in [-0.2, 0) is 0 Å². The summed E-state index contributed by atoms with van der Waals surface area (Å²) in [6.45, 7) is 0. The maximum atomic E-state index is 0.